The molecule has 2 nitrogen and oxygen atoms in total. The van der Waals surface area contributed by atoms with Crippen LogP contribution in [-0.2, 0) is 0 Å². The summed E-state index contributed by atoms with van der Waals surface area (Å²) < 4.78 is 0. The van der Waals surface area contributed by atoms with E-state index in [0.717, 1.165) is 5.69 Å². The van der Waals surface area contributed by atoms with Gasteiger partial charge in [-0.3, -0.25) is 0 Å². The summed E-state index contributed by atoms with van der Waals surface area (Å²) >= 11 is 11.8. The van der Waals surface area contributed by atoms with Crippen molar-refractivity contribution in [1.82, 2.24) is 0 Å². The normalized spacial score (nSPS) is 12.2. The molecule has 16 heavy (non-hydrogen) atoms. The van der Waals surface area contributed by atoms with E-state index in [0.29, 0.717) is 22.5 Å². The van der Waals surface area contributed by atoms with Gasteiger partial charge in [-0.25, -0.2) is 0 Å². The summed E-state index contributed by atoms with van der Waals surface area (Å²) in [6.45, 7) is 4.65. The van der Waals surface area contributed by atoms with E-state index in [1.165, 1.54) is 0 Å². The fourth-order valence-corrected chi connectivity index (χ4v) is 1.76. The highest BCUT2D eigenvalue weighted by atomic mass is 35.5. The Balaban J connectivity index is 2.64. The van der Waals surface area contributed by atoms with Crippen molar-refractivity contribution in [3.05, 3.63) is 28.2 Å². The van der Waals surface area contributed by atoms with Crippen LogP contribution in [0.1, 0.15) is 13.8 Å². The predicted molar refractivity (Wildman–Crippen MR) is 68.9 cm³/mol. The molecule has 0 radical (unpaired) electrons. The van der Waals surface area contributed by atoms with E-state index in [9.17, 15) is 0 Å². The van der Waals surface area contributed by atoms with Gasteiger partial charge in [-0.05, 0) is 24.1 Å². The smallest absolute Gasteiger partial charge is 0.0677 e. The van der Waals surface area contributed by atoms with Crippen LogP contribution in [0, 0.1) is 23.2 Å². The zero-order valence-electron chi connectivity index (χ0n) is 9.30. The molecule has 0 spiro atoms. The van der Waals surface area contributed by atoms with E-state index in [1.807, 2.05) is 19.9 Å². The molecule has 1 rings (SSSR count). The van der Waals surface area contributed by atoms with Gasteiger partial charge in [0.15, 0.2) is 0 Å². The second kappa shape index (κ2) is 5.98. The van der Waals surface area contributed by atoms with Crippen LogP contribution in [0.5, 0.6) is 0 Å². The van der Waals surface area contributed by atoms with Gasteiger partial charge < -0.3 is 5.32 Å². The zero-order chi connectivity index (χ0) is 12.1. The van der Waals surface area contributed by atoms with Gasteiger partial charge in [-0.15, -0.1) is 0 Å². The lowest BCUT2D eigenvalue weighted by molar-refractivity contribution is 0.496. The fraction of sp³-hybridized carbons (Fsp3) is 0.417. The van der Waals surface area contributed by atoms with E-state index in [4.69, 9.17) is 28.5 Å². The van der Waals surface area contributed by atoms with Gasteiger partial charge in [-0.2, -0.15) is 5.26 Å². The Hall–Kier alpha value is -0.910. The summed E-state index contributed by atoms with van der Waals surface area (Å²) in [6.07, 6.45) is 0. The van der Waals surface area contributed by atoms with E-state index < -0.39 is 0 Å². The number of rotatable bonds is 4. The zero-order valence-corrected chi connectivity index (χ0v) is 10.8. The van der Waals surface area contributed by atoms with Crippen molar-refractivity contribution < 1.29 is 0 Å². The molecule has 0 fully saturated rings. The quantitative estimate of drug-likeness (QED) is 0.877. The van der Waals surface area contributed by atoms with Crippen molar-refractivity contribution >= 4 is 28.9 Å². The van der Waals surface area contributed by atoms with E-state index in [-0.39, 0.29) is 5.92 Å². The molecule has 0 amide bonds. The maximum atomic E-state index is 8.94. The maximum Gasteiger partial charge on any atom is 0.0677 e. The summed E-state index contributed by atoms with van der Waals surface area (Å²) in [5.74, 6) is 0.301. The molecule has 1 aromatic carbocycles. The Bertz CT molecular complexity index is 396. The van der Waals surface area contributed by atoms with Crippen molar-refractivity contribution in [2.75, 3.05) is 11.9 Å². The maximum absolute atomic E-state index is 8.94. The number of nitrogens with zero attached hydrogens (tertiary/aromatic N) is 1. The van der Waals surface area contributed by atoms with Crippen LogP contribution in [0.4, 0.5) is 5.69 Å². The topological polar surface area (TPSA) is 35.8 Å². The Labute approximate surface area is 106 Å². The van der Waals surface area contributed by atoms with Gasteiger partial charge in [0.1, 0.15) is 0 Å². The summed E-state index contributed by atoms with van der Waals surface area (Å²) in [5.41, 5.74) is 0.812. The van der Waals surface area contributed by atoms with Crippen LogP contribution in [0.25, 0.3) is 0 Å². The summed E-state index contributed by atoms with van der Waals surface area (Å²) in [4.78, 5) is 0. The second-order valence-electron chi connectivity index (χ2n) is 3.98. The first-order valence-corrected chi connectivity index (χ1v) is 5.88. The lowest BCUT2D eigenvalue weighted by atomic mass is 9.97. The molecule has 4 heteroatoms. The molecule has 1 unspecified atom stereocenters. The van der Waals surface area contributed by atoms with Gasteiger partial charge >= 0.3 is 0 Å². The molecule has 0 heterocycles. The number of anilines is 1. The summed E-state index contributed by atoms with van der Waals surface area (Å²) in [5, 5.41) is 13.3. The number of nitriles is 1. The van der Waals surface area contributed by atoms with Gasteiger partial charge in [0.05, 0.1) is 22.7 Å². The van der Waals surface area contributed by atoms with Crippen LogP contribution < -0.4 is 5.32 Å². The van der Waals surface area contributed by atoms with Crippen molar-refractivity contribution in [3.8, 4) is 6.07 Å². The molecule has 0 aliphatic heterocycles. The molecule has 0 bridgehead atoms. The van der Waals surface area contributed by atoms with E-state index >= 15 is 0 Å². The molecule has 0 aliphatic carbocycles. The highest BCUT2D eigenvalue weighted by molar-refractivity contribution is 6.36. The summed E-state index contributed by atoms with van der Waals surface area (Å²) in [7, 11) is 0. The highest BCUT2D eigenvalue weighted by Crippen LogP contribution is 2.25. The summed E-state index contributed by atoms with van der Waals surface area (Å²) in [6, 6.07) is 7.54. The van der Waals surface area contributed by atoms with E-state index in [1.54, 1.807) is 12.1 Å². The first-order valence-electron chi connectivity index (χ1n) is 5.13. The van der Waals surface area contributed by atoms with Gasteiger partial charge in [0.25, 0.3) is 0 Å². The molecular formula is C12H14Cl2N2. The molecule has 86 valence electrons. The van der Waals surface area contributed by atoms with Crippen molar-refractivity contribution in [2.45, 2.75) is 13.8 Å². The third-order valence-electron chi connectivity index (χ3n) is 2.41. The Morgan fingerprint density at radius 3 is 2.56 bits per heavy atom. The Morgan fingerprint density at radius 2 is 2.06 bits per heavy atom. The van der Waals surface area contributed by atoms with Crippen LogP contribution in [-0.4, -0.2) is 6.54 Å². The molecule has 1 aromatic rings. The number of halogens is 2. The molecular weight excluding hydrogens is 243 g/mol. The van der Waals surface area contributed by atoms with Gasteiger partial charge in [0, 0.05) is 11.6 Å². The number of hydrogen-bond acceptors (Lipinski definition) is 2. The third-order valence-corrected chi connectivity index (χ3v) is 2.96. The van der Waals surface area contributed by atoms with Crippen molar-refractivity contribution in [2.24, 2.45) is 11.8 Å². The second-order valence-corrected chi connectivity index (χ2v) is 4.83. The molecule has 1 N–H and O–H groups in total. The van der Waals surface area contributed by atoms with Crippen molar-refractivity contribution in [1.29, 1.82) is 5.26 Å². The van der Waals surface area contributed by atoms with E-state index in [2.05, 4.69) is 11.4 Å². The number of hydrogen-bond donors (Lipinski definition) is 1. The Morgan fingerprint density at radius 1 is 1.38 bits per heavy atom. The first kappa shape index (κ1) is 13.2. The van der Waals surface area contributed by atoms with Crippen LogP contribution in [0.2, 0.25) is 10.0 Å². The Kier molecular flexibility index (Phi) is 4.92. The SMILES string of the molecule is CC(C)C(C#N)CNc1ccc(Cl)cc1Cl. The van der Waals surface area contributed by atoms with Gasteiger partial charge in [0.2, 0.25) is 0 Å². The molecule has 0 aliphatic rings. The van der Waals surface area contributed by atoms with Crippen LogP contribution >= 0.6 is 23.2 Å². The monoisotopic (exact) mass is 256 g/mol. The predicted octanol–water partition coefficient (Wildman–Crippen LogP) is 4.20. The molecule has 0 saturated carbocycles. The molecule has 0 saturated heterocycles. The molecule has 1 atom stereocenters. The average Bonchev–Trinajstić information content (AvgIpc) is 2.21. The third kappa shape index (κ3) is 3.59. The standard InChI is InChI=1S/C12H14Cl2N2/c1-8(2)9(6-15)7-16-12-4-3-10(13)5-11(12)14/h3-5,8-9,16H,7H2,1-2H3. The minimum absolute atomic E-state index is 0.0215. The number of benzene rings is 1. The highest BCUT2D eigenvalue weighted by Gasteiger charge is 2.12. The van der Waals surface area contributed by atoms with Gasteiger partial charge in [-0.1, -0.05) is 37.0 Å². The minimum Gasteiger partial charge on any atom is -0.383 e. The lowest BCUT2D eigenvalue weighted by Crippen LogP contribution is -2.17. The largest absolute Gasteiger partial charge is 0.383 e. The fourth-order valence-electron chi connectivity index (χ4n) is 1.28. The van der Waals surface area contributed by atoms with Crippen LogP contribution in [0.3, 0.4) is 0 Å². The average molecular weight is 257 g/mol. The number of nitrogens with one attached hydrogen (secondary N) is 1. The van der Waals surface area contributed by atoms with Crippen LogP contribution in [0.15, 0.2) is 18.2 Å². The first-order chi connectivity index (χ1) is 7.54. The lowest BCUT2D eigenvalue weighted by Gasteiger charge is -2.15. The minimum atomic E-state index is -0.0215. The molecule has 0 aromatic heterocycles. The van der Waals surface area contributed by atoms with Crippen molar-refractivity contribution in [3.63, 3.8) is 0 Å².